The first-order chi connectivity index (χ1) is 6.69. The molecule has 0 aliphatic rings. The molecule has 0 amide bonds. The van der Waals surface area contributed by atoms with Gasteiger partial charge in [-0.15, -0.1) is 0 Å². The van der Waals surface area contributed by atoms with Gasteiger partial charge >= 0.3 is 5.97 Å². The van der Waals surface area contributed by atoms with Crippen LogP contribution in [0.15, 0.2) is 24.3 Å². The van der Waals surface area contributed by atoms with Gasteiger partial charge in [0, 0.05) is 5.75 Å². The zero-order chi connectivity index (χ0) is 10.6. The van der Waals surface area contributed by atoms with Crippen LogP contribution < -0.4 is 4.74 Å². The molecule has 1 rings (SSSR count). The molecule has 1 aromatic rings. The Kier molecular flexibility index (Phi) is 3.83. The molecule has 76 valence electrons. The SMILES string of the molecule is COc1ccc(C(CS)C(=O)O)cc1. The molecule has 1 unspecified atom stereocenters. The molecule has 1 aromatic carbocycles. The van der Waals surface area contributed by atoms with Crippen LogP contribution in [0.3, 0.4) is 0 Å². The van der Waals surface area contributed by atoms with Crippen molar-refractivity contribution in [3.63, 3.8) is 0 Å². The van der Waals surface area contributed by atoms with Gasteiger partial charge in [-0.25, -0.2) is 0 Å². The van der Waals surface area contributed by atoms with Crippen molar-refractivity contribution in [3.8, 4) is 5.75 Å². The van der Waals surface area contributed by atoms with Crippen molar-refractivity contribution in [1.29, 1.82) is 0 Å². The van der Waals surface area contributed by atoms with Gasteiger partial charge in [0.05, 0.1) is 13.0 Å². The van der Waals surface area contributed by atoms with Crippen molar-refractivity contribution in [2.75, 3.05) is 12.9 Å². The Hall–Kier alpha value is -1.16. The summed E-state index contributed by atoms with van der Waals surface area (Å²) >= 11 is 4.00. The zero-order valence-electron chi connectivity index (χ0n) is 7.80. The molecule has 0 saturated heterocycles. The Morgan fingerprint density at radius 1 is 1.50 bits per heavy atom. The van der Waals surface area contributed by atoms with Gasteiger partial charge in [0.1, 0.15) is 5.75 Å². The normalized spacial score (nSPS) is 12.1. The van der Waals surface area contributed by atoms with E-state index >= 15 is 0 Å². The van der Waals surface area contributed by atoms with Crippen LogP contribution in [0.2, 0.25) is 0 Å². The molecule has 3 nitrogen and oxygen atoms in total. The first kappa shape index (κ1) is 10.9. The van der Waals surface area contributed by atoms with E-state index in [1.165, 1.54) is 0 Å². The molecular formula is C10H12O3S. The molecule has 0 aromatic heterocycles. The molecule has 0 spiro atoms. The number of rotatable bonds is 4. The van der Waals surface area contributed by atoms with Gasteiger partial charge in [-0.2, -0.15) is 12.6 Å². The van der Waals surface area contributed by atoms with Gasteiger partial charge in [0.2, 0.25) is 0 Å². The molecule has 14 heavy (non-hydrogen) atoms. The second-order valence-corrected chi connectivity index (χ2v) is 3.21. The minimum absolute atomic E-state index is 0.293. The van der Waals surface area contributed by atoms with Crippen LogP contribution in [0.25, 0.3) is 0 Å². The van der Waals surface area contributed by atoms with Crippen molar-refractivity contribution in [1.82, 2.24) is 0 Å². The molecule has 0 aliphatic carbocycles. The number of carboxylic acids is 1. The average Bonchev–Trinajstić information content (AvgIpc) is 2.19. The van der Waals surface area contributed by atoms with Crippen LogP contribution >= 0.6 is 12.6 Å². The van der Waals surface area contributed by atoms with Gasteiger partial charge in [0.15, 0.2) is 0 Å². The molecule has 1 atom stereocenters. The van der Waals surface area contributed by atoms with E-state index in [9.17, 15) is 4.79 Å². The minimum atomic E-state index is -0.856. The standard InChI is InChI=1S/C10H12O3S/c1-13-8-4-2-7(3-5-8)9(6-14)10(11)12/h2-5,9,14H,6H2,1H3,(H,11,12). The highest BCUT2D eigenvalue weighted by Crippen LogP contribution is 2.20. The van der Waals surface area contributed by atoms with Gasteiger partial charge < -0.3 is 9.84 Å². The fourth-order valence-corrected chi connectivity index (χ4v) is 1.53. The van der Waals surface area contributed by atoms with Crippen LogP contribution in [0.1, 0.15) is 11.5 Å². The van der Waals surface area contributed by atoms with Gasteiger partial charge in [-0.05, 0) is 17.7 Å². The number of hydrogen-bond donors (Lipinski definition) is 2. The summed E-state index contributed by atoms with van der Waals surface area (Å²) in [5, 5.41) is 8.87. The lowest BCUT2D eigenvalue weighted by Gasteiger charge is -2.09. The lowest BCUT2D eigenvalue weighted by Crippen LogP contribution is -2.12. The van der Waals surface area contributed by atoms with E-state index in [0.717, 1.165) is 11.3 Å². The molecular weight excluding hydrogens is 200 g/mol. The Balaban J connectivity index is 2.89. The summed E-state index contributed by atoms with van der Waals surface area (Å²) in [5.74, 6) is -0.395. The molecule has 0 fully saturated rings. The van der Waals surface area contributed by atoms with Gasteiger partial charge in [0.25, 0.3) is 0 Å². The van der Waals surface area contributed by atoms with Crippen molar-refractivity contribution in [3.05, 3.63) is 29.8 Å². The van der Waals surface area contributed by atoms with E-state index in [4.69, 9.17) is 9.84 Å². The number of hydrogen-bond acceptors (Lipinski definition) is 3. The minimum Gasteiger partial charge on any atom is -0.497 e. The Bertz CT molecular complexity index is 308. The summed E-state index contributed by atoms with van der Waals surface area (Å²) in [5.41, 5.74) is 0.744. The summed E-state index contributed by atoms with van der Waals surface area (Å²) in [4.78, 5) is 10.8. The molecule has 1 N–H and O–H groups in total. The Labute approximate surface area is 88.1 Å². The molecule has 0 radical (unpaired) electrons. The molecule has 0 aliphatic heterocycles. The second-order valence-electron chi connectivity index (χ2n) is 2.85. The third-order valence-corrected chi connectivity index (χ3v) is 2.36. The van der Waals surface area contributed by atoms with E-state index in [2.05, 4.69) is 12.6 Å². The van der Waals surface area contributed by atoms with Crippen molar-refractivity contribution < 1.29 is 14.6 Å². The monoisotopic (exact) mass is 212 g/mol. The molecule has 4 heteroatoms. The van der Waals surface area contributed by atoms with Crippen molar-refractivity contribution >= 4 is 18.6 Å². The van der Waals surface area contributed by atoms with Crippen LogP contribution in [-0.4, -0.2) is 23.9 Å². The maximum Gasteiger partial charge on any atom is 0.311 e. The van der Waals surface area contributed by atoms with E-state index in [0.29, 0.717) is 5.75 Å². The number of benzene rings is 1. The third kappa shape index (κ3) is 2.42. The predicted octanol–water partition coefficient (Wildman–Crippen LogP) is 1.79. The summed E-state index contributed by atoms with van der Waals surface area (Å²) in [6, 6.07) is 6.98. The quantitative estimate of drug-likeness (QED) is 0.748. The predicted molar refractivity (Wildman–Crippen MR) is 57.2 cm³/mol. The third-order valence-electron chi connectivity index (χ3n) is 2.00. The fraction of sp³-hybridized carbons (Fsp3) is 0.300. The van der Waals surface area contributed by atoms with Crippen LogP contribution in [0, 0.1) is 0 Å². The van der Waals surface area contributed by atoms with E-state index in [-0.39, 0.29) is 0 Å². The lowest BCUT2D eigenvalue weighted by molar-refractivity contribution is -0.138. The number of methoxy groups -OCH3 is 1. The van der Waals surface area contributed by atoms with Crippen LogP contribution in [-0.2, 0) is 4.79 Å². The van der Waals surface area contributed by atoms with E-state index in [1.807, 2.05) is 0 Å². The summed E-state index contributed by atoms with van der Waals surface area (Å²) in [6.45, 7) is 0. The smallest absolute Gasteiger partial charge is 0.311 e. The maximum atomic E-state index is 10.8. The molecule has 0 heterocycles. The lowest BCUT2D eigenvalue weighted by atomic mass is 10.0. The highest BCUT2D eigenvalue weighted by atomic mass is 32.1. The Morgan fingerprint density at radius 2 is 2.07 bits per heavy atom. The number of carboxylic acid groups (broad SMARTS) is 1. The average molecular weight is 212 g/mol. The van der Waals surface area contributed by atoms with Gasteiger partial charge in [-0.1, -0.05) is 12.1 Å². The summed E-state index contributed by atoms with van der Waals surface area (Å²) in [7, 11) is 1.57. The first-order valence-corrected chi connectivity index (χ1v) is 4.80. The van der Waals surface area contributed by atoms with Gasteiger partial charge in [-0.3, -0.25) is 4.79 Å². The zero-order valence-corrected chi connectivity index (χ0v) is 8.70. The highest BCUT2D eigenvalue weighted by molar-refractivity contribution is 7.80. The molecule has 0 saturated carbocycles. The number of carbonyl (C=O) groups is 1. The van der Waals surface area contributed by atoms with E-state index in [1.54, 1.807) is 31.4 Å². The first-order valence-electron chi connectivity index (χ1n) is 4.16. The highest BCUT2D eigenvalue weighted by Gasteiger charge is 2.17. The Morgan fingerprint density at radius 3 is 2.43 bits per heavy atom. The van der Waals surface area contributed by atoms with E-state index < -0.39 is 11.9 Å². The second kappa shape index (κ2) is 4.91. The molecule has 0 bridgehead atoms. The number of thiol groups is 1. The van der Waals surface area contributed by atoms with Crippen molar-refractivity contribution in [2.45, 2.75) is 5.92 Å². The topological polar surface area (TPSA) is 46.5 Å². The summed E-state index contributed by atoms with van der Waals surface area (Å²) < 4.78 is 4.98. The summed E-state index contributed by atoms with van der Waals surface area (Å²) in [6.07, 6.45) is 0. The van der Waals surface area contributed by atoms with Crippen LogP contribution in [0.5, 0.6) is 5.75 Å². The largest absolute Gasteiger partial charge is 0.497 e. The maximum absolute atomic E-state index is 10.8. The van der Waals surface area contributed by atoms with Crippen molar-refractivity contribution in [2.24, 2.45) is 0 Å². The van der Waals surface area contributed by atoms with Crippen LogP contribution in [0.4, 0.5) is 0 Å². The number of ether oxygens (including phenoxy) is 1. The fourth-order valence-electron chi connectivity index (χ4n) is 1.16. The number of aliphatic carboxylic acids is 1.